The predicted octanol–water partition coefficient (Wildman–Crippen LogP) is 1.03. The van der Waals surface area contributed by atoms with E-state index in [-0.39, 0.29) is 11.8 Å². The SMILES string of the molecule is CCN1CCCC1CN(C)C1CC2(CCC1N)OCCO2. The summed E-state index contributed by atoms with van der Waals surface area (Å²) in [5, 5.41) is 0. The molecular formula is C16H31N3O2. The summed E-state index contributed by atoms with van der Waals surface area (Å²) in [6.45, 7) is 7.26. The number of likely N-dealkylation sites (tertiary alicyclic amines) is 1. The molecule has 2 saturated heterocycles. The van der Waals surface area contributed by atoms with Gasteiger partial charge in [0.2, 0.25) is 0 Å². The van der Waals surface area contributed by atoms with Gasteiger partial charge in [0.25, 0.3) is 0 Å². The van der Waals surface area contributed by atoms with Crippen LogP contribution in [0.25, 0.3) is 0 Å². The van der Waals surface area contributed by atoms with E-state index in [1.54, 1.807) is 0 Å². The highest BCUT2D eigenvalue weighted by Crippen LogP contribution is 2.37. The van der Waals surface area contributed by atoms with E-state index in [4.69, 9.17) is 15.2 Å². The maximum Gasteiger partial charge on any atom is 0.170 e. The summed E-state index contributed by atoms with van der Waals surface area (Å²) in [6.07, 6.45) is 5.52. The summed E-state index contributed by atoms with van der Waals surface area (Å²) in [5.74, 6) is -0.338. The number of rotatable bonds is 4. The molecule has 21 heavy (non-hydrogen) atoms. The third-order valence-corrected chi connectivity index (χ3v) is 5.66. The van der Waals surface area contributed by atoms with E-state index in [9.17, 15) is 0 Å². The first kappa shape index (κ1) is 15.7. The van der Waals surface area contributed by atoms with E-state index in [1.165, 1.54) is 19.4 Å². The Morgan fingerprint density at radius 1 is 1.29 bits per heavy atom. The zero-order valence-electron chi connectivity index (χ0n) is 13.6. The molecule has 5 nitrogen and oxygen atoms in total. The Morgan fingerprint density at radius 2 is 2.05 bits per heavy atom. The van der Waals surface area contributed by atoms with Crippen molar-refractivity contribution in [1.29, 1.82) is 0 Å². The monoisotopic (exact) mass is 297 g/mol. The fourth-order valence-corrected chi connectivity index (χ4v) is 4.38. The minimum Gasteiger partial charge on any atom is -0.347 e. The molecule has 0 bridgehead atoms. The largest absolute Gasteiger partial charge is 0.347 e. The van der Waals surface area contributed by atoms with Gasteiger partial charge in [0.05, 0.1) is 13.2 Å². The van der Waals surface area contributed by atoms with Crippen molar-refractivity contribution in [2.24, 2.45) is 5.73 Å². The first-order valence-corrected chi connectivity index (χ1v) is 8.61. The molecule has 0 radical (unpaired) electrons. The lowest BCUT2D eigenvalue weighted by atomic mass is 9.85. The maximum atomic E-state index is 6.41. The molecule has 122 valence electrons. The number of nitrogens with two attached hydrogens (primary N) is 1. The van der Waals surface area contributed by atoms with E-state index in [2.05, 4.69) is 23.8 Å². The van der Waals surface area contributed by atoms with Crippen molar-refractivity contribution in [3.05, 3.63) is 0 Å². The van der Waals surface area contributed by atoms with Gasteiger partial charge in [0, 0.05) is 37.5 Å². The fraction of sp³-hybridized carbons (Fsp3) is 1.00. The smallest absolute Gasteiger partial charge is 0.170 e. The first-order valence-electron chi connectivity index (χ1n) is 8.61. The third kappa shape index (κ3) is 3.27. The molecular weight excluding hydrogens is 266 g/mol. The van der Waals surface area contributed by atoms with E-state index in [0.717, 1.165) is 45.6 Å². The molecule has 1 aliphatic carbocycles. The highest BCUT2D eigenvalue weighted by atomic mass is 16.7. The predicted molar refractivity (Wildman–Crippen MR) is 83.1 cm³/mol. The van der Waals surface area contributed by atoms with Gasteiger partial charge < -0.3 is 20.1 Å². The second-order valence-electron chi connectivity index (χ2n) is 6.95. The minimum absolute atomic E-state index is 0.241. The summed E-state index contributed by atoms with van der Waals surface area (Å²) in [6, 6.07) is 1.30. The highest BCUT2D eigenvalue weighted by molar-refractivity contribution is 4.95. The van der Waals surface area contributed by atoms with Crippen LogP contribution in [0.15, 0.2) is 0 Å². The van der Waals surface area contributed by atoms with Gasteiger partial charge in [-0.1, -0.05) is 6.92 Å². The molecule has 3 aliphatic rings. The van der Waals surface area contributed by atoms with Gasteiger partial charge in [-0.25, -0.2) is 0 Å². The average molecular weight is 297 g/mol. The molecule has 2 aliphatic heterocycles. The number of hydrogen-bond donors (Lipinski definition) is 1. The molecule has 0 aromatic rings. The molecule has 1 spiro atoms. The summed E-state index contributed by atoms with van der Waals surface area (Å²) in [5.41, 5.74) is 6.41. The third-order valence-electron chi connectivity index (χ3n) is 5.66. The molecule has 3 atom stereocenters. The van der Waals surface area contributed by atoms with Gasteiger partial charge in [-0.05, 0) is 39.4 Å². The van der Waals surface area contributed by atoms with Gasteiger partial charge in [-0.2, -0.15) is 0 Å². The average Bonchev–Trinajstić information content (AvgIpc) is 3.11. The van der Waals surface area contributed by atoms with Crippen molar-refractivity contribution < 1.29 is 9.47 Å². The number of ether oxygens (including phenoxy) is 2. The van der Waals surface area contributed by atoms with Crippen LogP contribution in [0.3, 0.4) is 0 Å². The van der Waals surface area contributed by atoms with Crippen LogP contribution in [0, 0.1) is 0 Å². The quantitative estimate of drug-likeness (QED) is 0.840. The van der Waals surface area contributed by atoms with Crippen LogP contribution in [0.5, 0.6) is 0 Å². The fourth-order valence-electron chi connectivity index (χ4n) is 4.38. The van der Waals surface area contributed by atoms with E-state index < -0.39 is 0 Å². The Labute approximate surface area is 128 Å². The van der Waals surface area contributed by atoms with Crippen molar-refractivity contribution >= 4 is 0 Å². The highest BCUT2D eigenvalue weighted by Gasteiger charge is 2.45. The molecule has 2 heterocycles. The molecule has 5 heteroatoms. The molecule has 3 rings (SSSR count). The normalized spacial score (nSPS) is 36.9. The Bertz CT molecular complexity index is 346. The van der Waals surface area contributed by atoms with E-state index in [1.807, 2.05) is 0 Å². The molecule has 3 fully saturated rings. The number of likely N-dealkylation sites (N-methyl/N-ethyl adjacent to an activating group) is 2. The lowest BCUT2D eigenvalue weighted by molar-refractivity contribution is -0.191. The Hall–Kier alpha value is -0.200. The Kier molecular flexibility index (Phi) is 4.86. The van der Waals surface area contributed by atoms with Gasteiger partial charge >= 0.3 is 0 Å². The molecule has 3 unspecified atom stereocenters. The van der Waals surface area contributed by atoms with E-state index >= 15 is 0 Å². The first-order chi connectivity index (χ1) is 10.1. The number of nitrogens with zero attached hydrogens (tertiary/aromatic N) is 2. The van der Waals surface area contributed by atoms with Gasteiger partial charge in [-0.15, -0.1) is 0 Å². The lowest BCUT2D eigenvalue weighted by Gasteiger charge is -2.44. The maximum absolute atomic E-state index is 6.41. The molecule has 0 aromatic carbocycles. The minimum atomic E-state index is -0.338. The molecule has 1 saturated carbocycles. The van der Waals surface area contributed by atoms with Crippen LogP contribution in [-0.2, 0) is 9.47 Å². The van der Waals surface area contributed by atoms with Gasteiger partial charge in [0.1, 0.15) is 0 Å². The summed E-state index contributed by atoms with van der Waals surface area (Å²) in [7, 11) is 2.23. The van der Waals surface area contributed by atoms with Crippen LogP contribution in [-0.4, -0.2) is 73.6 Å². The van der Waals surface area contributed by atoms with Crippen molar-refractivity contribution in [2.45, 2.75) is 62.9 Å². The summed E-state index contributed by atoms with van der Waals surface area (Å²) in [4.78, 5) is 5.07. The van der Waals surface area contributed by atoms with Crippen LogP contribution >= 0.6 is 0 Å². The van der Waals surface area contributed by atoms with Crippen molar-refractivity contribution in [3.8, 4) is 0 Å². The van der Waals surface area contributed by atoms with Crippen molar-refractivity contribution in [1.82, 2.24) is 9.80 Å². The van der Waals surface area contributed by atoms with Crippen LogP contribution in [0.2, 0.25) is 0 Å². The molecule has 2 N–H and O–H groups in total. The second-order valence-corrected chi connectivity index (χ2v) is 6.95. The Morgan fingerprint density at radius 3 is 2.76 bits per heavy atom. The van der Waals surface area contributed by atoms with E-state index in [0.29, 0.717) is 12.1 Å². The zero-order chi connectivity index (χ0) is 14.9. The number of hydrogen-bond acceptors (Lipinski definition) is 5. The van der Waals surface area contributed by atoms with Gasteiger partial charge in [-0.3, -0.25) is 4.90 Å². The van der Waals surface area contributed by atoms with Crippen molar-refractivity contribution in [3.63, 3.8) is 0 Å². The van der Waals surface area contributed by atoms with Crippen LogP contribution in [0.1, 0.15) is 39.0 Å². The second kappa shape index (κ2) is 6.50. The summed E-state index contributed by atoms with van der Waals surface area (Å²) >= 11 is 0. The van der Waals surface area contributed by atoms with Crippen LogP contribution in [0.4, 0.5) is 0 Å². The molecule has 0 aromatic heterocycles. The molecule has 0 amide bonds. The topological polar surface area (TPSA) is 51.0 Å². The summed E-state index contributed by atoms with van der Waals surface area (Å²) < 4.78 is 11.8. The lowest BCUT2D eigenvalue weighted by Crippen LogP contribution is -2.57. The van der Waals surface area contributed by atoms with Crippen LogP contribution < -0.4 is 5.73 Å². The zero-order valence-corrected chi connectivity index (χ0v) is 13.6. The van der Waals surface area contributed by atoms with Crippen molar-refractivity contribution in [2.75, 3.05) is 39.9 Å². The Balaban J connectivity index is 1.60. The van der Waals surface area contributed by atoms with Gasteiger partial charge in [0.15, 0.2) is 5.79 Å². The standard InChI is InChI=1S/C16H31N3O2/c1-3-19-8-4-5-13(19)12-18(2)15-11-16(7-6-14(15)17)20-9-10-21-16/h13-15H,3-12,17H2,1-2H3.